The lowest BCUT2D eigenvalue weighted by atomic mass is 10.0. The van der Waals surface area contributed by atoms with Crippen LogP contribution in [0.4, 0.5) is 4.79 Å². The van der Waals surface area contributed by atoms with E-state index in [0.717, 1.165) is 25.1 Å². The zero-order valence-corrected chi connectivity index (χ0v) is 27.9. The Kier molecular flexibility index (Phi) is 21.5. The fraction of sp³-hybridized carbons (Fsp3) is 0.788. The van der Waals surface area contributed by atoms with E-state index >= 15 is 0 Å². The van der Waals surface area contributed by atoms with Crippen LogP contribution in [-0.4, -0.2) is 36.2 Å². The highest BCUT2D eigenvalue weighted by Crippen LogP contribution is 2.25. The van der Waals surface area contributed by atoms with Gasteiger partial charge >= 0.3 is 6.09 Å². The molecule has 1 aromatic heterocycles. The van der Waals surface area contributed by atoms with Gasteiger partial charge in [0, 0.05) is 25.0 Å². The summed E-state index contributed by atoms with van der Waals surface area (Å²) in [5, 5.41) is 0. The smallest absolute Gasteiger partial charge is 0.417 e. The van der Waals surface area contributed by atoms with Crippen LogP contribution in [0.5, 0.6) is 0 Å². The van der Waals surface area contributed by atoms with E-state index in [9.17, 15) is 9.59 Å². The summed E-state index contributed by atoms with van der Waals surface area (Å²) in [6.45, 7) is 7.65. The summed E-state index contributed by atoms with van der Waals surface area (Å²) in [5.41, 5.74) is 0.903. The predicted octanol–water partition coefficient (Wildman–Crippen LogP) is 5.15. The molecule has 0 bridgehead atoms. The van der Waals surface area contributed by atoms with Gasteiger partial charge in [0.05, 0.1) is 19.3 Å². The normalized spacial score (nSPS) is 16.5. The summed E-state index contributed by atoms with van der Waals surface area (Å²) in [4.78, 5) is 26.0. The van der Waals surface area contributed by atoms with Crippen LogP contribution in [0.25, 0.3) is 0 Å². The Labute approximate surface area is 262 Å². The highest BCUT2D eigenvalue weighted by Gasteiger charge is 2.29. The number of nitrogens with zero attached hydrogens (tertiary/aromatic N) is 2. The minimum Gasteiger partial charge on any atom is -1.00 e. The summed E-state index contributed by atoms with van der Waals surface area (Å²) in [7, 11) is 0. The van der Waals surface area contributed by atoms with Crippen LogP contribution in [0, 0.1) is 5.92 Å². The molecule has 6 nitrogen and oxygen atoms in total. The molecular weight excluding hydrogens is 615 g/mol. The van der Waals surface area contributed by atoms with Gasteiger partial charge < -0.3 is 33.5 Å². The highest BCUT2D eigenvalue weighted by atomic mass is 127. The van der Waals surface area contributed by atoms with Gasteiger partial charge in [0.1, 0.15) is 13.1 Å². The number of ether oxygens (including phenoxy) is 2. The van der Waals surface area contributed by atoms with Gasteiger partial charge in [-0.3, -0.25) is 4.79 Å². The number of carbonyl (C=O) groups excluding carboxylic acids is 2. The number of rotatable bonds is 21. The quantitative estimate of drug-likeness (QED) is 0.103. The first-order valence-electron chi connectivity index (χ1n) is 16.1. The third-order valence-corrected chi connectivity index (χ3v) is 8.03. The average Bonchev–Trinajstić information content (AvgIpc) is 3.40. The van der Waals surface area contributed by atoms with Crippen LogP contribution in [0.15, 0.2) is 24.4 Å². The SMILES string of the molecule is CCCCCCCCCCCCCCCCCC1CC(COC(=O)N(Cc2cccc[n+]2CC)C(C)=O)CO1.[I-]. The van der Waals surface area contributed by atoms with Gasteiger partial charge in [0.25, 0.3) is 0 Å². The lowest BCUT2D eigenvalue weighted by Crippen LogP contribution is -3.00. The van der Waals surface area contributed by atoms with Gasteiger partial charge in [0.2, 0.25) is 11.6 Å². The molecule has 0 N–H and O–H groups in total. The first kappa shape index (κ1) is 36.8. The lowest BCUT2D eigenvalue weighted by Gasteiger charge is -2.19. The van der Waals surface area contributed by atoms with Gasteiger partial charge in [0.15, 0.2) is 6.20 Å². The van der Waals surface area contributed by atoms with E-state index in [1.54, 1.807) is 0 Å². The first-order valence-corrected chi connectivity index (χ1v) is 16.1. The molecule has 1 aliphatic heterocycles. The minimum absolute atomic E-state index is 0. The summed E-state index contributed by atoms with van der Waals surface area (Å²) in [6.07, 6.45) is 24.3. The molecule has 2 amide bonds. The first-order chi connectivity index (χ1) is 19.0. The maximum absolute atomic E-state index is 12.7. The molecule has 0 aliphatic carbocycles. The number of pyridine rings is 1. The van der Waals surface area contributed by atoms with Crippen LogP contribution in [-0.2, 0) is 27.4 Å². The topological polar surface area (TPSA) is 59.7 Å². The number of carbonyl (C=O) groups is 2. The fourth-order valence-corrected chi connectivity index (χ4v) is 5.54. The Morgan fingerprint density at radius 2 is 1.48 bits per heavy atom. The van der Waals surface area contributed by atoms with E-state index in [1.807, 2.05) is 35.9 Å². The van der Waals surface area contributed by atoms with Crippen molar-refractivity contribution in [2.24, 2.45) is 5.92 Å². The predicted molar refractivity (Wildman–Crippen MR) is 157 cm³/mol. The van der Waals surface area contributed by atoms with Crippen molar-refractivity contribution >= 4 is 12.0 Å². The van der Waals surface area contributed by atoms with Crippen molar-refractivity contribution in [1.29, 1.82) is 0 Å². The summed E-state index contributed by atoms with van der Waals surface area (Å²) in [5.74, 6) is -0.0957. The van der Waals surface area contributed by atoms with E-state index in [0.29, 0.717) is 13.2 Å². The molecule has 1 aromatic rings. The van der Waals surface area contributed by atoms with Gasteiger partial charge in [-0.1, -0.05) is 109 Å². The molecule has 1 fully saturated rings. The van der Waals surface area contributed by atoms with E-state index in [1.165, 1.54) is 108 Å². The van der Waals surface area contributed by atoms with Crippen LogP contribution >= 0.6 is 0 Å². The number of aryl methyl sites for hydroxylation is 1. The van der Waals surface area contributed by atoms with Crippen molar-refractivity contribution in [2.75, 3.05) is 13.2 Å². The Hall–Kier alpha value is -1.22. The maximum atomic E-state index is 12.7. The second-order valence-corrected chi connectivity index (χ2v) is 11.5. The third-order valence-electron chi connectivity index (χ3n) is 8.03. The minimum atomic E-state index is -0.570. The molecule has 0 saturated carbocycles. The van der Waals surface area contributed by atoms with E-state index < -0.39 is 6.09 Å². The number of aromatic nitrogens is 1. The van der Waals surface area contributed by atoms with E-state index in [-0.39, 0.29) is 48.5 Å². The molecular formula is C33H57IN2O4. The van der Waals surface area contributed by atoms with Crippen molar-refractivity contribution < 1.29 is 47.6 Å². The number of hydrogen-bond acceptors (Lipinski definition) is 4. The molecule has 7 heteroatoms. The van der Waals surface area contributed by atoms with Crippen molar-refractivity contribution in [3.63, 3.8) is 0 Å². The third kappa shape index (κ3) is 15.7. The fourth-order valence-electron chi connectivity index (χ4n) is 5.54. The van der Waals surface area contributed by atoms with Crippen LogP contribution < -0.4 is 28.5 Å². The van der Waals surface area contributed by atoms with E-state index in [4.69, 9.17) is 9.47 Å². The second-order valence-electron chi connectivity index (χ2n) is 11.5. The van der Waals surface area contributed by atoms with Crippen LogP contribution in [0.3, 0.4) is 0 Å². The monoisotopic (exact) mass is 672 g/mol. The van der Waals surface area contributed by atoms with Crippen molar-refractivity contribution in [3.05, 3.63) is 30.1 Å². The second kappa shape index (κ2) is 23.4. The average molecular weight is 673 g/mol. The largest absolute Gasteiger partial charge is 1.00 e. The lowest BCUT2D eigenvalue weighted by molar-refractivity contribution is -0.701. The Morgan fingerprint density at radius 3 is 2.02 bits per heavy atom. The summed E-state index contributed by atoms with van der Waals surface area (Å²) in [6, 6.07) is 5.79. The highest BCUT2D eigenvalue weighted by molar-refractivity contribution is 5.90. The van der Waals surface area contributed by atoms with Crippen LogP contribution in [0.1, 0.15) is 136 Å². The molecule has 2 atom stereocenters. The zero-order valence-electron chi connectivity index (χ0n) is 25.7. The molecule has 0 aromatic carbocycles. The molecule has 0 spiro atoms. The molecule has 1 saturated heterocycles. The molecule has 0 radical (unpaired) electrons. The number of imide groups is 1. The zero-order chi connectivity index (χ0) is 28.1. The molecule has 2 heterocycles. The number of halogens is 1. The van der Waals surface area contributed by atoms with Crippen molar-refractivity contribution in [2.45, 2.75) is 149 Å². The van der Waals surface area contributed by atoms with E-state index in [2.05, 4.69) is 6.92 Å². The maximum Gasteiger partial charge on any atom is 0.417 e. The van der Waals surface area contributed by atoms with Crippen molar-refractivity contribution in [3.8, 4) is 0 Å². The molecule has 230 valence electrons. The Bertz CT molecular complexity index is 806. The number of unbranched alkanes of at least 4 members (excludes halogenated alkanes) is 14. The Morgan fingerprint density at radius 1 is 0.900 bits per heavy atom. The summed E-state index contributed by atoms with van der Waals surface area (Å²) >= 11 is 0. The number of hydrogen-bond donors (Lipinski definition) is 0. The molecule has 2 unspecified atom stereocenters. The molecule has 2 rings (SSSR count). The van der Waals surface area contributed by atoms with Gasteiger partial charge in [-0.15, -0.1) is 0 Å². The molecule has 1 aliphatic rings. The van der Waals surface area contributed by atoms with Crippen LogP contribution in [0.2, 0.25) is 0 Å². The van der Waals surface area contributed by atoms with Crippen molar-refractivity contribution in [1.82, 2.24) is 4.90 Å². The van der Waals surface area contributed by atoms with Gasteiger partial charge in [-0.25, -0.2) is 14.3 Å². The molecule has 40 heavy (non-hydrogen) atoms. The Balaban J connectivity index is 0.00000800. The van der Waals surface area contributed by atoms with Gasteiger partial charge in [-0.2, -0.15) is 0 Å². The van der Waals surface area contributed by atoms with Gasteiger partial charge in [-0.05, 0) is 19.8 Å². The number of amides is 2. The standard InChI is InChI=1S/C33H57N2O4.HI/c1-4-6-7-8-9-10-11-12-13-14-15-16-17-18-19-23-32-25-30(27-38-32)28-39-33(37)35(29(3)36)26-31-22-20-21-24-34(31)5-2;/h20-22,24,30,32H,4-19,23,25-28H2,1-3H3;1H/q+1;/p-1. The summed E-state index contributed by atoms with van der Waals surface area (Å²) < 4.78 is 13.6.